The number of aryl methyl sites for hydroxylation is 1. The summed E-state index contributed by atoms with van der Waals surface area (Å²) in [6.07, 6.45) is 0. The summed E-state index contributed by atoms with van der Waals surface area (Å²) >= 11 is 6.64. The van der Waals surface area contributed by atoms with Crippen molar-refractivity contribution >= 4 is 39.0 Å². The van der Waals surface area contributed by atoms with Crippen molar-refractivity contribution in [1.29, 1.82) is 0 Å². The van der Waals surface area contributed by atoms with Gasteiger partial charge in [0.25, 0.3) is 0 Å². The van der Waals surface area contributed by atoms with Gasteiger partial charge in [0, 0.05) is 21.1 Å². The SMILES string of the molecule is Cc1csc(SCc2nnc(-c3ccc(Br)cc3)o2)n1. The zero-order valence-electron chi connectivity index (χ0n) is 10.5. The Hall–Kier alpha value is -1.18. The van der Waals surface area contributed by atoms with Gasteiger partial charge in [-0.25, -0.2) is 4.98 Å². The molecule has 0 saturated carbocycles. The first-order valence-electron chi connectivity index (χ1n) is 5.84. The molecular weight excluding hydrogens is 358 g/mol. The lowest BCUT2D eigenvalue weighted by Gasteiger charge is -1.94. The minimum atomic E-state index is 0.545. The van der Waals surface area contributed by atoms with E-state index in [4.69, 9.17) is 4.42 Å². The Bertz CT molecular complexity index is 708. The molecule has 4 nitrogen and oxygen atoms in total. The van der Waals surface area contributed by atoms with Gasteiger partial charge in [0.2, 0.25) is 11.8 Å². The average molecular weight is 368 g/mol. The molecule has 0 aliphatic carbocycles. The van der Waals surface area contributed by atoms with E-state index in [1.807, 2.05) is 36.6 Å². The third kappa shape index (κ3) is 3.28. The van der Waals surface area contributed by atoms with Gasteiger partial charge in [0.15, 0.2) is 4.34 Å². The third-order valence-electron chi connectivity index (χ3n) is 2.48. The number of hydrogen-bond acceptors (Lipinski definition) is 6. The van der Waals surface area contributed by atoms with Crippen molar-refractivity contribution < 1.29 is 4.42 Å². The molecule has 2 heterocycles. The predicted molar refractivity (Wildman–Crippen MR) is 83.8 cm³/mol. The van der Waals surface area contributed by atoms with E-state index < -0.39 is 0 Å². The van der Waals surface area contributed by atoms with Crippen molar-refractivity contribution in [2.24, 2.45) is 0 Å². The van der Waals surface area contributed by atoms with Crippen LogP contribution in [0.4, 0.5) is 0 Å². The van der Waals surface area contributed by atoms with E-state index in [0.717, 1.165) is 20.1 Å². The maximum Gasteiger partial charge on any atom is 0.247 e. The molecule has 0 atom stereocenters. The Kier molecular flexibility index (Phi) is 4.18. The number of hydrogen-bond donors (Lipinski definition) is 0. The summed E-state index contributed by atoms with van der Waals surface area (Å²) in [5.74, 6) is 1.79. The van der Waals surface area contributed by atoms with Crippen LogP contribution in [0.2, 0.25) is 0 Å². The lowest BCUT2D eigenvalue weighted by Crippen LogP contribution is -1.80. The zero-order chi connectivity index (χ0) is 13.9. The largest absolute Gasteiger partial charge is 0.420 e. The molecule has 7 heteroatoms. The van der Waals surface area contributed by atoms with Crippen LogP contribution >= 0.6 is 39.0 Å². The van der Waals surface area contributed by atoms with Gasteiger partial charge in [-0.2, -0.15) is 0 Å². The van der Waals surface area contributed by atoms with Gasteiger partial charge in [-0.3, -0.25) is 0 Å². The lowest BCUT2D eigenvalue weighted by molar-refractivity contribution is 0.528. The van der Waals surface area contributed by atoms with Crippen LogP contribution in [0.5, 0.6) is 0 Å². The fraction of sp³-hybridized carbons (Fsp3) is 0.154. The van der Waals surface area contributed by atoms with E-state index in [1.54, 1.807) is 23.1 Å². The molecule has 2 aromatic heterocycles. The quantitative estimate of drug-likeness (QED) is 0.632. The smallest absolute Gasteiger partial charge is 0.247 e. The van der Waals surface area contributed by atoms with Crippen molar-refractivity contribution in [1.82, 2.24) is 15.2 Å². The molecule has 0 saturated heterocycles. The highest BCUT2D eigenvalue weighted by Crippen LogP contribution is 2.27. The second-order valence-corrected chi connectivity index (χ2v) is 7.05. The van der Waals surface area contributed by atoms with Crippen LogP contribution in [-0.2, 0) is 5.75 Å². The molecule has 0 N–H and O–H groups in total. The van der Waals surface area contributed by atoms with E-state index in [0.29, 0.717) is 17.5 Å². The summed E-state index contributed by atoms with van der Waals surface area (Å²) in [6, 6.07) is 7.79. The molecule has 0 amide bonds. The molecule has 1 aromatic carbocycles. The molecule has 0 bridgehead atoms. The molecule has 20 heavy (non-hydrogen) atoms. The third-order valence-corrected chi connectivity index (χ3v) is 5.13. The Morgan fingerprint density at radius 1 is 1.25 bits per heavy atom. The van der Waals surface area contributed by atoms with Crippen LogP contribution in [0.15, 0.2) is 42.9 Å². The van der Waals surface area contributed by atoms with Crippen LogP contribution in [0.3, 0.4) is 0 Å². The van der Waals surface area contributed by atoms with Crippen LogP contribution in [0, 0.1) is 6.92 Å². The number of thioether (sulfide) groups is 1. The number of nitrogens with zero attached hydrogens (tertiary/aromatic N) is 3. The van der Waals surface area contributed by atoms with E-state index in [-0.39, 0.29) is 0 Å². The average Bonchev–Trinajstić information content (AvgIpc) is 3.06. The predicted octanol–water partition coefficient (Wildman–Crippen LogP) is 4.56. The number of rotatable bonds is 4. The van der Waals surface area contributed by atoms with Crippen molar-refractivity contribution in [2.45, 2.75) is 17.0 Å². The van der Waals surface area contributed by atoms with Crippen molar-refractivity contribution in [3.05, 3.63) is 45.7 Å². The van der Waals surface area contributed by atoms with Gasteiger partial charge in [-0.05, 0) is 31.2 Å². The first-order chi connectivity index (χ1) is 9.70. The maximum absolute atomic E-state index is 5.66. The molecule has 0 aliphatic rings. The summed E-state index contributed by atoms with van der Waals surface area (Å²) in [7, 11) is 0. The lowest BCUT2D eigenvalue weighted by atomic mass is 10.2. The molecule has 3 rings (SSSR count). The highest BCUT2D eigenvalue weighted by molar-refractivity contribution is 9.10. The van der Waals surface area contributed by atoms with Crippen LogP contribution in [0.1, 0.15) is 11.6 Å². The molecule has 3 aromatic rings. The van der Waals surface area contributed by atoms with E-state index in [1.165, 1.54) is 0 Å². The van der Waals surface area contributed by atoms with Gasteiger partial charge in [-0.15, -0.1) is 21.5 Å². The normalized spacial score (nSPS) is 10.9. The monoisotopic (exact) mass is 367 g/mol. The second kappa shape index (κ2) is 6.07. The summed E-state index contributed by atoms with van der Waals surface area (Å²) in [5, 5.41) is 10.2. The summed E-state index contributed by atoms with van der Waals surface area (Å²) in [5.41, 5.74) is 1.96. The van der Waals surface area contributed by atoms with Crippen LogP contribution in [0.25, 0.3) is 11.5 Å². The second-order valence-electron chi connectivity index (χ2n) is 4.05. The van der Waals surface area contributed by atoms with Gasteiger partial charge < -0.3 is 4.42 Å². The Morgan fingerprint density at radius 3 is 2.75 bits per heavy atom. The Morgan fingerprint density at radius 2 is 2.05 bits per heavy atom. The van der Waals surface area contributed by atoms with Crippen LogP contribution < -0.4 is 0 Å². The first-order valence-corrected chi connectivity index (χ1v) is 8.50. The summed E-state index contributed by atoms with van der Waals surface area (Å²) in [4.78, 5) is 4.39. The van der Waals surface area contributed by atoms with Gasteiger partial charge in [-0.1, -0.05) is 27.7 Å². The summed E-state index contributed by atoms with van der Waals surface area (Å²) < 4.78 is 7.70. The van der Waals surface area contributed by atoms with Gasteiger partial charge >= 0.3 is 0 Å². The van der Waals surface area contributed by atoms with Crippen molar-refractivity contribution in [3.63, 3.8) is 0 Å². The number of halogens is 1. The van der Waals surface area contributed by atoms with Crippen LogP contribution in [-0.4, -0.2) is 15.2 Å². The molecule has 0 unspecified atom stereocenters. The van der Waals surface area contributed by atoms with Gasteiger partial charge in [0.05, 0.1) is 5.75 Å². The zero-order valence-corrected chi connectivity index (χ0v) is 13.8. The van der Waals surface area contributed by atoms with E-state index in [9.17, 15) is 0 Å². The first kappa shape index (κ1) is 13.8. The highest BCUT2D eigenvalue weighted by Gasteiger charge is 2.09. The van der Waals surface area contributed by atoms with E-state index >= 15 is 0 Å². The molecule has 102 valence electrons. The highest BCUT2D eigenvalue weighted by atomic mass is 79.9. The van der Waals surface area contributed by atoms with Gasteiger partial charge in [0.1, 0.15) is 0 Å². The molecular formula is C13H10BrN3OS2. The summed E-state index contributed by atoms with van der Waals surface area (Å²) in [6.45, 7) is 1.99. The Labute approximate surface area is 132 Å². The molecule has 0 spiro atoms. The number of aromatic nitrogens is 3. The maximum atomic E-state index is 5.66. The molecule has 0 fully saturated rings. The number of benzene rings is 1. The fourth-order valence-electron chi connectivity index (χ4n) is 1.54. The molecule has 0 aliphatic heterocycles. The minimum Gasteiger partial charge on any atom is -0.420 e. The fourth-order valence-corrected chi connectivity index (χ4v) is 3.49. The minimum absolute atomic E-state index is 0.545. The number of thiazole rings is 1. The Balaban J connectivity index is 1.69. The molecule has 0 radical (unpaired) electrons. The van der Waals surface area contributed by atoms with Crippen molar-refractivity contribution in [3.8, 4) is 11.5 Å². The standard InChI is InChI=1S/C13H10BrN3OS2/c1-8-6-19-13(15-8)20-7-11-16-17-12(18-11)9-2-4-10(14)5-3-9/h2-6H,7H2,1H3. The topological polar surface area (TPSA) is 51.8 Å². The van der Waals surface area contributed by atoms with Crippen molar-refractivity contribution in [2.75, 3.05) is 0 Å². The van der Waals surface area contributed by atoms with E-state index in [2.05, 4.69) is 31.1 Å².